The molecule has 0 saturated heterocycles. The molecule has 0 bridgehead atoms. The monoisotopic (exact) mass is 225 g/mol. The first-order chi connectivity index (χ1) is 7.15. The first-order valence-electron chi connectivity index (χ1n) is 5.24. The van der Waals surface area contributed by atoms with Gasteiger partial charge in [-0.15, -0.1) is 0 Å². The zero-order chi connectivity index (χ0) is 10.9. The van der Waals surface area contributed by atoms with E-state index in [0.29, 0.717) is 17.5 Å². The standard InChI is InChI=1S/C11H16ClN3/c1-11(7-13,8-4-5-8)15-10-9(12)3-2-6-14-10/h2-3,6,8H,4-5,7,13H2,1H3,(H,14,15). The summed E-state index contributed by atoms with van der Waals surface area (Å²) in [4.78, 5) is 4.22. The summed E-state index contributed by atoms with van der Waals surface area (Å²) in [5.74, 6) is 1.39. The first-order valence-corrected chi connectivity index (χ1v) is 5.62. The summed E-state index contributed by atoms with van der Waals surface area (Å²) in [7, 11) is 0. The van der Waals surface area contributed by atoms with Crippen LogP contribution < -0.4 is 11.1 Å². The van der Waals surface area contributed by atoms with Gasteiger partial charge in [0.15, 0.2) is 0 Å². The molecule has 1 unspecified atom stereocenters. The van der Waals surface area contributed by atoms with Crippen LogP contribution in [-0.2, 0) is 0 Å². The third kappa shape index (κ3) is 2.24. The van der Waals surface area contributed by atoms with Gasteiger partial charge in [-0.2, -0.15) is 0 Å². The molecule has 1 saturated carbocycles. The van der Waals surface area contributed by atoms with Gasteiger partial charge in [-0.3, -0.25) is 0 Å². The summed E-state index contributed by atoms with van der Waals surface area (Å²) in [5.41, 5.74) is 5.74. The normalized spacial score (nSPS) is 19.7. The van der Waals surface area contributed by atoms with E-state index in [4.69, 9.17) is 17.3 Å². The van der Waals surface area contributed by atoms with Crippen molar-refractivity contribution in [2.24, 2.45) is 11.7 Å². The highest BCUT2D eigenvalue weighted by Gasteiger charge is 2.40. The van der Waals surface area contributed by atoms with Crippen molar-refractivity contribution >= 4 is 17.4 Å². The molecular weight excluding hydrogens is 210 g/mol. The summed E-state index contributed by atoms with van der Waals surface area (Å²) in [6, 6.07) is 3.66. The van der Waals surface area contributed by atoms with Gasteiger partial charge in [0.25, 0.3) is 0 Å². The average molecular weight is 226 g/mol. The van der Waals surface area contributed by atoms with Crippen molar-refractivity contribution in [3.63, 3.8) is 0 Å². The fourth-order valence-corrected chi connectivity index (χ4v) is 1.96. The van der Waals surface area contributed by atoms with Gasteiger partial charge in [0.2, 0.25) is 0 Å². The van der Waals surface area contributed by atoms with E-state index in [0.717, 1.165) is 5.82 Å². The molecule has 1 fully saturated rings. The average Bonchev–Trinajstić information content (AvgIpc) is 3.05. The van der Waals surface area contributed by atoms with Crippen molar-refractivity contribution in [2.45, 2.75) is 25.3 Å². The second-order valence-corrected chi connectivity index (χ2v) is 4.76. The van der Waals surface area contributed by atoms with Crippen LogP contribution in [0.5, 0.6) is 0 Å². The number of anilines is 1. The lowest BCUT2D eigenvalue weighted by Crippen LogP contribution is -2.45. The number of nitrogens with one attached hydrogen (secondary N) is 1. The number of hydrogen-bond acceptors (Lipinski definition) is 3. The van der Waals surface area contributed by atoms with Gasteiger partial charge in [0, 0.05) is 12.7 Å². The Labute approximate surface area is 95.0 Å². The lowest BCUT2D eigenvalue weighted by Gasteiger charge is -2.30. The van der Waals surface area contributed by atoms with Crippen LogP contribution >= 0.6 is 11.6 Å². The van der Waals surface area contributed by atoms with E-state index < -0.39 is 0 Å². The zero-order valence-corrected chi connectivity index (χ0v) is 9.59. The van der Waals surface area contributed by atoms with E-state index in [-0.39, 0.29) is 5.54 Å². The number of rotatable bonds is 4. The van der Waals surface area contributed by atoms with Crippen LogP contribution in [0.3, 0.4) is 0 Å². The van der Waals surface area contributed by atoms with Gasteiger partial charge in [0.05, 0.1) is 10.6 Å². The molecule has 3 nitrogen and oxygen atoms in total. The van der Waals surface area contributed by atoms with E-state index in [1.165, 1.54) is 12.8 Å². The van der Waals surface area contributed by atoms with Gasteiger partial charge in [0.1, 0.15) is 5.82 Å². The van der Waals surface area contributed by atoms with Crippen LogP contribution in [0.25, 0.3) is 0 Å². The summed E-state index contributed by atoms with van der Waals surface area (Å²) in [5, 5.41) is 4.02. The molecule has 82 valence electrons. The van der Waals surface area contributed by atoms with Gasteiger partial charge >= 0.3 is 0 Å². The number of aromatic nitrogens is 1. The molecule has 0 aromatic carbocycles. The molecule has 1 heterocycles. The Morgan fingerprint density at radius 1 is 1.67 bits per heavy atom. The summed E-state index contributed by atoms with van der Waals surface area (Å²) < 4.78 is 0. The molecule has 1 atom stereocenters. The number of hydrogen-bond donors (Lipinski definition) is 2. The maximum atomic E-state index is 6.05. The fourth-order valence-electron chi connectivity index (χ4n) is 1.79. The van der Waals surface area contributed by atoms with Gasteiger partial charge in [-0.1, -0.05) is 11.6 Å². The van der Waals surface area contributed by atoms with Crippen LogP contribution in [0.2, 0.25) is 5.02 Å². The molecular formula is C11H16ClN3. The van der Waals surface area contributed by atoms with E-state index in [1.54, 1.807) is 6.20 Å². The molecule has 1 aromatic rings. The van der Waals surface area contributed by atoms with Crippen LogP contribution in [0.15, 0.2) is 18.3 Å². The van der Waals surface area contributed by atoms with Crippen molar-refractivity contribution in [2.75, 3.05) is 11.9 Å². The Hall–Kier alpha value is -0.800. The number of halogens is 1. The van der Waals surface area contributed by atoms with Gasteiger partial charge < -0.3 is 11.1 Å². The lowest BCUT2D eigenvalue weighted by atomic mass is 9.96. The molecule has 0 aliphatic heterocycles. The summed E-state index contributed by atoms with van der Waals surface area (Å²) >= 11 is 6.05. The molecule has 15 heavy (non-hydrogen) atoms. The summed E-state index contributed by atoms with van der Waals surface area (Å²) in [6.45, 7) is 2.74. The quantitative estimate of drug-likeness (QED) is 0.827. The molecule has 1 aliphatic rings. The first kappa shape index (κ1) is 10.7. The molecule has 2 rings (SSSR count). The molecule has 1 aliphatic carbocycles. The van der Waals surface area contributed by atoms with Crippen LogP contribution in [-0.4, -0.2) is 17.1 Å². The summed E-state index contributed by atoms with van der Waals surface area (Å²) in [6.07, 6.45) is 4.22. The maximum Gasteiger partial charge on any atom is 0.145 e. The predicted molar refractivity (Wildman–Crippen MR) is 63.1 cm³/mol. The number of nitrogens with zero attached hydrogens (tertiary/aromatic N) is 1. The van der Waals surface area contributed by atoms with Crippen molar-refractivity contribution in [3.8, 4) is 0 Å². The minimum atomic E-state index is -0.0714. The topological polar surface area (TPSA) is 50.9 Å². The van der Waals surface area contributed by atoms with Crippen molar-refractivity contribution in [1.29, 1.82) is 0 Å². The predicted octanol–water partition coefficient (Wildman–Crippen LogP) is 2.27. The smallest absolute Gasteiger partial charge is 0.145 e. The molecule has 0 amide bonds. The lowest BCUT2D eigenvalue weighted by molar-refractivity contribution is 0.458. The molecule has 1 aromatic heterocycles. The largest absolute Gasteiger partial charge is 0.362 e. The zero-order valence-electron chi connectivity index (χ0n) is 8.83. The third-order valence-electron chi connectivity index (χ3n) is 3.06. The van der Waals surface area contributed by atoms with E-state index in [1.807, 2.05) is 12.1 Å². The SMILES string of the molecule is CC(CN)(Nc1ncccc1Cl)C1CC1. The van der Waals surface area contributed by atoms with Gasteiger partial charge in [-0.05, 0) is 37.8 Å². The van der Waals surface area contributed by atoms with Crippen molar-refractivity contribution in [1.82, 2.24) is 4.98 Å². The minimum absolute atomic E-state index is 0.0714. The third-order valence-corrected chi connectivity index (χ3v) is 3.37. The number of pyridine rings is 1. The Morgan fingerprint density at radius 2 is 2.40 bits per heavy atom. The second-order valence-electron chi connectivity index (χ2n) is 4.35. The Balaban J connectivity index is 2.16. The molecule has 0 radical (unpaired) electrons. The molecule has 3 N–H and O–H groups in total. The highest BCUT2D eigenvalue weighted by molar-refractivity contribution is 6.32. The Kier molecular flexibility index (Phi) is 2.85. The molecule has 4 heteroatoms. The van der Waals surface area contributed by atoms with Crippen molar-refractivity contribution < 1.29 is 0 Å². The van der Waals surface area contributed by atoms with Crippen LogP contribution in [0.4, 0.5) is 5.82 Å². The van der Waals surface area contributed by atoms with E-state index in [9.17, 15) is 0 Å². The highest BCUT2D eigenvalue weighted by Crippen LogP contribution is 2.41. The maximum absolute atomic E-state index is 6.05. The van der Waals surface area contributed by atoms with Crippen LogP contribution in [0.1, 0.15) is 19.8 Å². The molecule has 0 spiro atoms. The van der Waals surface area contributed by atoms with E-state index >= 15 is 0 Å². The van der Waals surface area contributed by atoms with Gasteiger partial charge in [-0.25, -0.2) is 4.98 Å². The van der Waals surface area contributed by atoms with Crippen molar-refractivity contribution in [3.05, 3.63) is 23.4 Å². The van der Waals surface area contributed by atoms with Crippen LogP contribution in [0, 0.1) is 5.92 Å². The fraction of sp³-hybridized carbons (Fsp3) is 0.545. The Morgan fingerprint density at radius 3 is 2.93 bits per heavy atom. The highest BCUT2D eigenvalue weighted by atomic mass is 35.5. The Bertz CT molecular complexity index is 351. The minimum Gasteiger partial charge on any atom is -0.362 e. The van der Waals surface area contributed by atoms with E-state index in [2.05, 4.69) is 17.2 Å². The second kappa shape index (κ2) is 3.99. The number of nitrogens with two attached hydrogens (primary N) is 1.